The first kappa shape index (κ1) is 15.7. The van der Waals surface area contributed by atoms with Crippen LogP contribution in [-0.4, -0.2) is 25.3 Å². The van der Waals surface area contributed by atoms with E-state index in [1.807, 2.05) is 0 Å². The van der Waals surface area contributed by atoms with Crippen molar-refractivity contribution >= 4 is 22.0 Å². The molecule has 1 aromatic rings. The number of rotatable bonds is 3. The van der Waals surface area contributed by atoms with Crippen molar-refractivity contribution in [1.29, 1.82) is 0 Å². The Labute approximate surface area is 137 Å². The SMILES string of the molecule is C[C@H](NC(=O)NC1CC12CCOCC2)c1ccc(Br)cc1F. The number of halogens is 2. The fraction of sp³-hybridized carbons (Fsp3) is 0.562. The molecule has 1 aliphatic carbocycles. The molecule has 0 aromatic heterocycles. The quantitative estimate of drug-likeness (QED) is 0.854. The third kappa shape index (κ3) is 3.27. The molecule has 1 aliphatic heterocycles. The minimum atomic E-state index is -0.377. The number of carbonyl (C=O) groups is 1. The van der Waals surface area contributed by atoms with E-state index in [9.17, 15) is 9.18 Å². The first-order valence-corrected chi connectivity index (χ1v) is 8.39. The summed E-state index contributed by atoms with van der Waals surface area (Å²) in [5.74, 6) is -0.325. The van der Waals surface area contributed by atoms with Gasteiger partial charge < -0.3 is 15.4 Å². The van der Waals surface area contributed by atoms with Gasteiger partial charge in [0.05, 0.1) is 6.04 Å². The Morgan fingerprint density at radius 3 is 2.86 bits per heavy atom. The number of nitrogens with one attached hydrogen (secondary N) is 2. The van der Waals surface area contributed by atoms with Crippen molar-refractivity contribution in [3.63, 3.8) is 0 Å². The third-order valence-electron chi connectivity index (χ3n) is 4.76. The molecule has 6 heteroatoms. The minimum Gasteiger partial charge on any atom is -0.381 e. The molecule has 22 heavy (non-hydrogen) atoms. The molecular formula is C16H20BrFN2O2. The summed E-state index contributed by atoms with van der Waals surface area (Å²) in [7, 11) is 0. The highest BCUT2D eigenvalue weighted by atomic mass is 79.9. The van der Waals surface area contributed by atoms with Crippen molar-refractivity contribution in [3.05, 3.63) is 34.1 Å². The van der Waals surface area contributed by atoms with Crippen LogP contribution >= 0.6 is 15.9 Å². The maximum absolute atomic E-state index is 13.9. The third-order valence-corrected chi connectivity index (χ3v) is 5.25. The van der Waals surface area contributed by atoms with Crippen molar-refractivity contribution < 1.29 is 13.9 Å². The average molecular weight is 371 g/mol. The van der Waals surface area contributed by atoms with Crippen LogP contribution in [0.15, 0.2) is 22.7 Å². The van der Waals surface area contributed by atoms with Gasteiger partial charge in [-0.3, -0.25) is 0 Å². The Kier molecular flexibility index (Phi) is 4.41. The lowest BCUT2D eigenvalue weighted by Gasteiger charge is -2.23. The number of hydrogen-bond donors (Lipinski definition) is 2. The van der Waals surface area contributed by atoms with Crippen LogP contribution in [0.5, 0.6) is 0 Å². The van der Waals surface area contributed by atoms with E-state index in [0.29, 0.717) is 10.0 Å². The number of ether oxygens (including phenoxy) is 1. The van der Waals surface area contributed by atoms with Crippen molar-refractivity contribution in [2.24, 2.45) is 5.41 Å². The first-order chi connectivity index (χ1) is 10.5. The van der Waals surface area contributed by atoms with Crippen LogP contribution in [0.4, 0.5) is 9.18 Å². The van der Waals surface area contributed by atoms with E-state index < -0.39 is 0 Å². The van der Waals surface area contributed by atoms with Gasteiger partial charge >= 0.3 is 6.03 Å². The van der Waals surface area contributed by atoms with Gasteiger partial charge in [-0.25, -0.2) is 9.18 Å². The molecule has 1 unspecified atom stereocenters. The highest BCUT2D eigenvalue weighted by Gasteiger charge is 2.55. The van der Waals surface area contributed by atoms with E-state index in [1.54, 1.807) is 19.1 Å². The molecule has 2 aliphatic rings. The number of hydrogen-bond acceptors (Lipinski definition) is 2. The second kappa shape index (κ2) is 6.16. The van der Waals surface area contributed by atoms with Crippen LogP contribution in [0.1, 0.15) is 37.8 Å². The molecule has 4 nitrogen and oxygen atoms in total. The van der Waals surface area contributed by atoms with Crippen molar-refractivity contribution in [2.45, 2.75) is 38.3 Å². The van der Waals surface area contributed by atoms with Crippen molar-refractivity contribution in [1.82, 2.24) is 10.6 Å². The van der Waals surface area contributed by atoms with Gasteiger partial charge in [0.25, 0.3) is 0 Å². The molecule has 0 radical (unpaired) electrons. The molecule has 2 amide bonds. The molecule has 0 bridgehead atoms. The van der Waals surface area contributed by atoms with Gasteiger partial charge in [-0.2, -0.15) is 0 Å². The van der Waals surface area contributed by atoms with Gasteiger partial charge in [-0.1, -0.05) is 22.0 Å². The largest absolute Gasteiger partial charge is 0.381 e. The van der Waals surface area contributed by atoms with Crippen LogP contribution in [-0.2, 0) is 4.74 Å². The lowest BCUT2D eigenvalue weighted by atomic mass is 9.96. The van der Waals surface area contributed by atoms with Crippen LogP contribution in [0, 0.1) is 11.2 Å². The second-order valence-electron chi connectivity index (χ2n) is 6.24. The van der Waals surface area contributed by atoms with Crippen LogP contribution in [0.3, 0.4) is 0 Å². The van der Waals surface area contributed by atoms with E-state index in [1.165, 1.54) is 6.07 Å². The van der Waals surface area contributed by atoms with Crippen LogP contribution in [0.25, 0.3) is 0 Å². The zero-order valence-electron chi connectivity index (χ0n) is 12.5. The Morgan fingerprint density at radius 1 is 1.45 bits per heavy atom. The molecule has 2 atom stereocenters. The van der Waals surface area contributed by atoms with Crippen LogP contribution < -0.4 is 10.6 Å². The molecule has 3 rings (SSSR count). The van der Waals surface area contributed by atoms with Crippen molar-refractivity contribution in [3.8, 4) is 0 Å². The predicted octanol–water partition coefficient (Wildman–Crippen LogP) is 3.52. The lowest BCUT2D eigenvalue weighted by molar-refractivity contribution is 0.0547. The lowest BCUT2D eigenvalue weighted by Crippen LogP contribution is -2.40. The Balaban J connectivity index is 1.53. The maximum atomic E-state index is 13.9. The van der Waals surface area contributed by atoms with E-state index >= 15 is 0 Å². The zero-order chi connectivity index (χ0) is 15.7. The summed E-state index contributed by atoms with van der Waals surface area (Å²) in [6.07, 6.45) is 3.04. The summed E-state index contributed by atoms with van der Waals surface area (Å²) >= 11 is 3.23. The summed E-state index contributed by atoms with van der Waals surface area (Å²) in [6, 6.07) is 4.47. The first-order valence-electron chi connectivity index (χ1n) is 7.60. The van der Waals surface area contributed by atoms with E-state index in [4.69, 9.17) is 4.74 Å². The van der Waals surface area contributed by atoms with Gasteiger partial charge in [-0.15, -0.1) is 0 Å². The molecule has 2 fully saturated rings. The molecule has 1 saturated heterocycles. The molecule has 2 N–H and O–H groups in total. The standard InChI is InChI=1S/C16H20BrFN2O2/c1-10(12-3-2-11(17)8-13(12)18)19-15(21)20-14-9-16(14)4-6-22-7-5-16/h2-3,8,10,14H,4-7,9H2,1H3,(H2,19,20,21)/t10-,14?/m0/s1. The van der Waals surface area contributed by atoms with Gasteiger partial charge in [0, 0.05) is 29.3 Å². The Hall–Kier alpha value is -1.14. The fourth-order valence-electron chi connectivity index (χ4n) is 3.21. The minimum absolute atomic E-state index is 0.221. The number of benzene rings is 1. The van der Waals surface area contributed by atoms with E-state index in [0.717, 1.165) is 32.5 Å². The summed E-state index contributed by atoms with van der Waals surface area (Å²) in [5, 5.41) is 5.82. The molecule has 1 saturated carbocycles. The highest BCUT2D eigenvalue weighted by Crippen LogP contribution is 2.53. The van der Waals surface area contributed by atoms with Crippen molar-refractivity contribution in [2.75, 3.05) is 13.2 Å². The van der Waals surface area contributed by atoms with Gasteiger partial charge in [0.2, 0.25) is 0 Å². The average Bonchev–Trinajstić information content (AvgIpc) is 3.10. The highest BCUT2D eigenvalue weighted by molar-refractivity contribution is 9.10. The van der Waals surface area contributed by atoms with E-state index in [-0.39, 0.29) is 29.3 Å². The smallest absolute Gasteiger partial charge is 0.315 e. The summed E-state index contributed by atoms with van der Waals surface area (Å²) < 4.78 is 20.0. The second-order valence-corrected chi connectivity index (χ2v) is 7.15. The monoisotopic (exact) mass is 370 g/mol. The molecule has 120 valence electrons. The molecule has 1 heterocycles. The van der Waals surface area contributed by atoms with Gasteiger partial charge in [0.1, 0.15) is 5.82 Å². The Bertz CT molecular complexity index is 575. The summed E-state index contributed by atoms with van der Waals surface area (Å²) in [4.78, 5) is 12.1. The normalized spacial score (nSPS) is 23.9. The topological polar surface area (TPSA) is 50.4 Å². The van der Waals surface area contributed by atoms with Gasteiger partial charge in [-0.05, 0) is 43.7 Å². The summed E-state index contributed by atoms with van der Waals surface area (Å²) in [6.45, 7) is 3.34. The summed E-state index contributed by atoms with van der Waals surface area (Å²) in [5.41, 5.74) is 0.719. The predicted molar refractivity (Wildman–Crippen MR) is 85.1 cm³/mol. The number of urea groups is 1. The number of carbonyl (C=O) groups excluding carboxylic acids is 1. The maximum Gasteiger partial charge on any atom is 0.315 e. The zero-order valence-corrected chi connectivity index (χ0v) is 14.1. The van der Waals surface area contributed by atoms with Crippen LogP contribution in [0.2, 0.25) is 0 Å². The fourth-order valence-corrected chi connectivity index (χ4v) is 3.54. The number of amides is 2. The molecule has 1 spiro atoms. The molecular weight excluding hydrogens is 351 g/mol. The van der Waals surface area contributed by atoms with E-state index in [2.05, 4.69) is 26.6 Å². The van der Waals surface area contributed by atoms with Gasteiger partial charge in [0.15, 0.2) is 0 Å². The molecule has 1 aromatic carbocycles. The Morgan fingerprint density at radius 2 is 2.18 bits per heavy atom.